The SMILES string of the molecule is CC.CC.CC(C)(C)OC(=O)N1CCC(c2ccccc2)C1.c1ccc(C2CCNC2)cc1. The van der Waals surface area contributed by atoms with Crippen LogP contribution in [0.15, 0.2) is 60.7 Å². The quantitative estimate of drug-likeness (QED) is 0.520. The summed E-state index contributed by atoms with van der Waals surface area (Å²) in [6.45, 7) is 17.6. The minimum absolute atomic E-state index is 0.194. The largest absolute Gasteiger partial charge is 0.444 e. The Kier molecular flexibility index (Phi) is 13.5. The summed E-state index contributed by atoms with van der Waals surface area (Å²) in [5.41, 5.74) is 2.38. The second-order valence-corrected chi connectivity index (χ2v) is 8.92. The Bertz CT molecular complexity index is 750. The van der Waals surface area contributed by atoms with Gasteiger partial charge in [0.1, 0.15) is 5.60 Å². The third kappa shape index (κ3) is 10.4. The van der Waals surface area contributed by atoms with Crippen LogP contribution < -0.4 is 5.32 Å². The van der Waals surface area contributed by atoms with Crippen molar-refractivity contribution in [3.63, 3.8) is 0 Å². The van der Waals surface area contributed by atoms with Crippen LogP contribution in [0.25, 0.3) is 0 Å². The smallest absolute Gasteiger partial charge is 0.410 e. The summed E-state index contributed by atoms with van der Waals surface area (Å²) in [7, 11) is 0. The van der Waals surface area contributed by atoms with Gasteiger partial charge in [-0.3, -0.25) is 0 Å². The highest BCUT2D eigenvalue weighted by Gasteiger charge is 2.30. The summed E-state index contributed by atoms with van der Waals surface area (Å²) in [6.07, 6.45) is 2.12. The summed E-state index contributed by atoms with van der Waals surface area (Å²) < 4.78 is 5.39. The van der Waals surface area contributed by atoms with Crippen LogP contribution in [0.2, 0.25) is 0 Å². The van der Waals surface area contributed by atoms with Gasteiger partial charge < -0.3 is 15.0 Å². The molecule has 0 spiro atoms. The van der Waals surface area contributed by atoms with Crippen molar-refractivity contribution in [2.24, 2.45) is 0 Å². The number of carbonyl (C=O) groups is 1. The lowest BCUT2D eigenvalue weighted by Crippen LogP contribution is -2.35. The second-order valence-electron chi connectivity index (χ2n) is 8.92. The molecule has 4 heteroatoms. The lowest BCUT2D eigenvalue weighted by Gasteiger charge is -2.24. The van der Waals surface area contributed by atoms with Crippen molar-refractivity contribution >= 4 is 6.09 Å². The average molecular weight is 455 g/mol. The third-order valence-corrected chi connectivity index (χ3v) is 5.44. The van der Waals surface area contributed by atoms with Crippen molar-refractivity contribution in [3.05, 3.63) is 71.8 Å². The molecule has 2 aromatic rings. The number of benzene rings is 2. The molecule has 0 aromatic heterocycles. The molecule has 2 unspecified atom stereocenters. The molecule has 2 aliphatic rings. The van der Waals surface area contributed by atoms with E-state index in [0.29, 0.717) is 5.92 Å². The number of nitrogens with zero attached hydrogens (tertiary/aromatic N) is 1. The van der Waals surface area contributed by atoms with E-state index in [1.807, 2.05) is 71.6 Å². The van der Waals surface area contributed by atoms with Crippen LogP contribution >= 0.6 is 0 Å². The topological polar surface area (TPSA) is 41.6 Å². The predicted octanol–water partition coefficient (Wildman–Crippen LogP) is 7.23. The number of rotatable bonds is 2. The van der Waals surface area contributed by atoms with Gasteiger partial charge in [-0.2, -0.15) is 0 Å². The van der Waals surface area contributed by atoms with Crippen molar-refractivity contribution < 1.29 is 9.53 Å². The molecule has 4 rings (SSSR count). The molecule has 184 valence electrons. The molecule has 33 heavy (non-hydrogen) atoms. The summed E-state index contributed by atoms with van der Waals surface area (Å²) in [5.74, 6) is 1.20. The van der Waals surface area contributed by atoms with E-state index in [4.69, 9.17) is 4.74 Å². The minimum Gasteiger partial charge on any atom is -0.444 e. The van der Waals surface area contributed by atoms with E-state index in [2.05, 4.69) is 47.8 Å². The second kappa shape index (κ2) is 15.5. The highest BCUT2D eigenvalue weighted by Crippen LogP contribution is 2.28. The lowest BCUT2D eigenvalue weighted by molar-refractivity contribution is 0.0292. The van der Waals surface area contributed by atoms with E-state index in [1.165, 1.54) is 24.1 Å². The maximum Gasteiger partial charge on any atom is 0.410 e. The molecule has 0 bridgehead atoms. The monoisotopic (exact) mass is 454 g/mol. The first kappa shape index (κ1) is 28.7. The molecule has 0 saturated carbocycles. The van der Waals surface area contributed by atoms with Gasteiger partial charge in [0.2, 0.25) is 0 Å². The molecule has 4 nitrogen and oxygen atoms in total. The molecule has 0 radical (unpaired) electrons. The van der Waals surface area contributed by atoms with Gasteiger partial charge in [0.15, 0.2) is 0 Å². The Morgan fingerprint density at radius 3 is 1.82 bits per heavy atom. The first-order valence-corrected chi connectivity index (χ1v) is 12.7. The Morgan fingerprint density at radius 1 is 0.848 bits per heavy atom. The van der Waals surface area contributed by atoms with E-state index in [0.717, 1.165) is 32.0 Å². The van der Waals surface area contributed by atoms with Crippen molar-refractivity contribution in [3.8, 4) is 0 Å². The van der Waals surface area contributed by atoms with Crippen LogP contribution in [0.3, 0.4) is 0 Å². The van der Waals surface area contributed by atoms with E-state index in [1.54, 1.807) is 0 Å². The third-order valence-electron chi connectivity index (χ3n) is 5.44. The molecule has 2 heterocycles. The number of hydrogen-bond donors (Lipinski definition) is 1. The van der Waals surface area contributed by atoms with Gasteiger partial charge in [0.05, 0.1) is 0 Å². The first-order valence-electron chi connectivity index (χ1n) is 12.7. The fourth-order valence-electron chi connectivity index (χ4n) is 3.91. The maximum atomic E-state index is 11.9. The summed E-state index contributed by atoms with van der Waals surface area (Å²) in [6, 6.07) is 21.1. The molecule has 0 aliphatic carbocycles. The van der Waals surface area contributed by atoms with Gasteiger partial charge in [-0.25, -0.2) is 4.79 Å². The number of nitrogens with one attached hydrogen (secondary N) is 1. The molecular weight excluding hydrogens is 408 g/mol. The Morgan fingerprint density at radius 2 is 1.36 bits per heavy atom. The molecule has 2 aliphatic heterocycles. The van der Waals surface area contributed by atoms with Crippen molar-refractivity contribution in [2.75, 3.05) is 26.2 Å². The Balaban J connectivity index is 0.000000310. The zero-order chi connectivity index (χ0) is 24.7. The van der Waals surface area contributed by atoms with E-state index < -0.39 is 5.60 Å². The standard InChI is InChI=1S/C15H21NO2.C10H13N.2C2H6/c1-15(2,3)18-14(17)16-10-9-13(11-16)12-7-5-4-6-8-12;1-2-4-9(5-3-1)10-6-7-11-8-10;2*1-2/h4-8,13H,9-11H2,1-3H3;1-5,10-11H,6-8H2;2*1-2H3. The normalized spacial score (nSPS) is 19.2. The van der Waals surface area contributed by atoms with E-state index in [9.17, 15) is 4.79 Å². The summed E-state index contributed by atoms with van der Waals surface area (Å²) in [4.78, 5) is 13.7. The number of ether oxygens (including phenoxy) is 1. The fourth-order valence-corrected chi connectivity index (χ4v) is 3.91. The average Bonchev–Trinajstić information content (AvgIpc) is 3.55. The first-order chi connectivity index (χ1) is 15.9. The van der Waals surface area contributed by atoms with Crippen molar-refractivity contribution in [1.82, 2.24) is 10.2 Å². The van der Waals surface area contributed by atoms with Gasteiger partial charge in [-0.15, -0.1) is 0 Å². The number of amides is 1. The van der Waals surface area contributed by atoms with Crippen LogP contribution in [0, 0.1) is 0 Å². The van der Waals surface area contributed by atoms with Gasteiger partial charge in [-0.1, -0.05) is 88.4 Å². The molecule has 2 aromatic carbocycles. The van der Waals surface area contributed by atoms with Gasteiger partial charge >= 0.3 is 6.09 Å². The Hall–Kier alpha value is -2.33. The maximum absolute atomic E-state index is 11.9. The Labute approximate surface area is 202 Å². The zero-order valence-corrected chi connectivity index (χ0v) is 21.9. The minimum atomic E-state index is -0.415. The lowest BCUT2D eigenvalue weighted by atomic mass is 9.99. The van der Waals surface area contributed by atoms with E-state index >= 15 is 0 Å². The van der Waals surface area contributed by atoms with Crippen LogP contribution in [0.4, 0.5) is 4.79 Å². The van der Waals surface area contributed by atoms with Crippen molar-refractivity contribution in [1.29, 1.82) is 0 Å². The molecule has 2 fully saturated rings. The molecule has 1 amide bonds. The summed E-state index contributed by atoms with van der Waals surface area (Å²) >= 11 is 0. The van der Waals surface area contributed by atoms with Crippen molar-refractivity contribution in [2.45, 2.75) is 78.7 Å². The molecule has 1 N–H and O–H groups in total. The zero-order valence-electron chi connectivity index (χ0n) is 21.9. The van der Waals surface area contributed by atoms with Crippen LogP contribution in [-0.4, -0.2) is 42.8 Å². The fraction of sp³-hybridized carbons (Fsp3) is 0.552. The van der Waals surface area contributed by atoms with Gasteiger partial charge in [-0.05, 0) is 57.2 Å². The van der Waals surface area contributed by atoms with Gasteiger partial charge in [0.25, 0.3) is 0 Å². The number of likely N-dealkylation sites (tertiary alicyclic amines) is 1. The highest BCUT2D eigenvalue weighted by atomic mass is 16.6. The predicted molar refractivity (Wildman–Crippen MR) is 141 cm³/mol. The number of hydrogen-bond acceptors (Lipinski definition) is 3. The van der Waals surface area contributed by atoms with Crippen LogP contribution in [0.5, 0.6) is 0 Å². The van der Waals surface area contributed by atoms with Crippen LogP contribution in [-0.2, 0) is 4.74 Å². The molecular formula is C29H46N2O2. The molecule has 2 atom stereocenters. The number of carbonyl (C=O) groups excluding carboxylic acids is 1. The molecule has 2 saturated heterocycles. The van der Waals surface area contributed by atoms with Gasteiger partial charge in [0, 0.05) is 25.6 Å². The summed E-state index contributed by atoms with van der Waals surface area (Å²) in [5, 5.41) is 3.37. The highest BCUT2D eigenvalue weighted by molar-refractivity contribution is 5.68. The van der Waals surface area contributed by atoms with Crippen LogP contribution in [0.1, 0.15) is 84.3 Å². The van der Waals surface area contributed by atoms with E-state index in [-0.39, 0.29) is 6.09 Å².